The Labute approximate surface area is 154 Å². The molecule has 0 saturated carbocycles. The Balaban J connectivity index is 0.00000117. The fourth-order valence-corrected chi connectivity index (χ4v) is 2.63. The molecule has 0 spiro atoms. The van der Waals surface area contributed by atoms with Crippen molar-refractivity contribution in [2.24, 2.45) is 0 Å². The topological polar surface area (TPSA) is 30.5 Å². The molecular weight excluding hydrogens is 370 g/mol. The van der Waals surface area contributed by atoms with Crippen molar-refractivity contribution >= 4 is 18.3 Å². The quantitative estimate of drug-likeness (QED) is 0.513. The van der Waals surface area contributed by atoms with Gasteiger partial charge in [0.15, 0.2) is 5.75 Å². The van der Waals surface area contributed by atoms with Gasteiger partial charge in [0.05, 0.1) is 11.7 Å². The third-order valence-corrected chi connectivity index (χ3v) is 3.84. The van der Waals surface area contributed by atoms with Crippen LogP contribution in [0.3, 0.4) is 0 Å². The average molecular weight is 389 g/mol. The molecular formula is C18H19F4NO2S. The summed E-state index contributed by atoms with van der Waals surface area (Å²) in [6.07, 6.45) is -8.44. The van der Waals surface area contributed by atoms with Gasteiger partial charge >= 0.3 is 12.5 Å². The second-order valence-corrected chi connectivity index (χ2v) is 5.68. The Morgan fingerprint density at radius 2 is 1.88 bits per heavy atom. The molecule has 3 rings (SSSR count). The van der Waals surface area contributed by atoms with Gasteiger partial charge in [-0.3, -0.25) is 0 Å². The van der Waals surface area contributed by atoms with E-state index < -0.39 is 12.5 Å². The first-order chi connectivity index (χ1) is 12.4. The number of anilines is 1. The summed E-state index contributed by atoms with van der Waals surface area (Å²) in [6, 6.07) is 10.6. The zero-order chi connectivity index (χ0) is 19.3. The molecule has 1 aliphatic heterocycles. The summed E-state index contributed by atoms with van der Waals surface area (Å²) in [5.74, 6) is 0.266. The predicted octanol–water partition coefficient (Wildman–Crippen LogP) is 5.78. The lowest BCUT2D eigenvalue weighted by Gasteiger charge is -2.29. The molecule has 142 valence electrons. The minimum absolute atomic E-state index is 0.235. The summed E-state index contributed by atoms with van der Waals surface area (Å²) in [4.78, 5) is 0.673. The molecule has 0 saturated heterocycles. The molecule has 1 heterocycles. The Morgan fingerprint density at radius 1 is 1.19 bits per heavy atom. The number of nitrogens with one attached hydrogen (secondary N) is 1. The number of ether oxygens (including phenoxy) is 2. The van der Waals surface area contributed by atoms with Crippen LogP contribution >= 0.6 is 12.6 Å². The molecule has 1 atom stereocenters. The third-order valence-electron chi connectivity index (χ3n) is 3.49. The van der Waals surface area contributed by atoms with E-state index in [1.54, 1.807) is 24.3 Å². The van der Waals surface area contributed by atoms with Crippen LogP contribution in [0, 0.1) is 0 Å². The number of thiol groups is 1. The summed E-state index contributed by atoms with van der Waals surface area (Å²) in [5.41, 5.74) is 1.29. The zero-order valence-electron chi connectivity index (χ0n) is 14.2. The van der Waals surface area contributed by atoms with Crippen molar-refractivity contribution in [3.8, 4) is 11.5 Å². The molecule has 0 fully saturated rings. The normalized spacial score (nSPS) is 15.9. The molecule has 2 aromatic rings. The maximum absolute atomic E-state index is 13.0. The monoisotopic (exact) mass is 389 g/mol. The number of para-hydroxylation sites is 1. The van der Waals surface area contributed by atoms with Crippen LogP contribution in [-0.2, 0) is 0 Å². The van der Waals surface area contributed by atoms with E-state index in [2.05, 4.69) is 22.7 Å². The molecule has 0 unspecified atom stereocenters. The first-order valence-corrected chi connectivity index (χ1v) is 8.48. The molecule has 0 bridgehead atoms. The average Bonchev–Trinajstić information content (AvgIpc) is 2.63. The highest BCUT2D eigenvalue weighted by Crippen LogP contribution is 2.38. The number of hydrogen-bond donors (Lipinski definition) is 2. The van der Waals surface area contributed by atoms with E-state index >= 15 is 0 Å². The van der Waals surface area contributed by atoms with E-state index in [1.165, 1.54) is 18.2 Å². The molecule has 0 amide bonds. The highest BCUT2D eigenvalue weighted by molar-refractivity contribution is 7.80. The van der Waals surface area contributed by atoms with Crippen LogP contribution in [0.4, 0.5) is 23.2 Å². The summed E-state index contributed by atoms with van der Waals surface area (Å²) in [5, 5.41) is 3.20. The van der Waals surface area contributed by atoms with Crippen LogP contribution in [0.15, 0.2) is 47.4 Å². The van der Waals surface area contributed by atoms with Crippen molar-refractivity contribution in [2.75, 3.05) is 11.9 Å². The molecule has 8 heteroatoms. The molecule has 0 aliphatic carbocycles. The second-order valence-electron chi connectivity index (χ2n) is 5.20. The molecule has 1 aliphatic rings. The molecule has 2 aromatic carbocycles. The Bertz CT molecular complexity index is 743. The maximum Gasteiger partial charge on any atom is 0.461 e. The Morgan fingerprint density at radius 3 is 2.58 bits per heavy atom. The van der Waals surface area contributed by atoms with Gasteiger partial charge < -0.3 is 14.8 Å². The summed E-state index contributed by atoms with van der Waals surface area (Å²) < 4.78 is 60.3. The van der Waals surface area contributed by atoms with Gasteiger partial charge in [-0.25, -0.2) is 0 Å². The number of alkyl halides is 4. The number of benzene rings is 2. The van der Waals surface area contributed by atoms with Crippen LogP contribution in [0.1, 0.15) is 25.5 Å². The smallest absolute Gasteiger partial charge is 0.461 e. The van der Waals surface area contributed by atoms with Crippen molar-refractivity contribution < 1.29 is 27.0 Å². The van der Waals surface area contributed by atoms with Gasteiger partial charge in [0.1, 0.15) is 12.4 Å². The van der Waals surface area contributed by atoms with Crippen LogP contribution < -0.4 is 14.8 Å². The van der Waals surface area contributed by atoms with E-state index in [9.17, 15) is 17.6 Å². The summed E-state index contributed by atoms with van der Waals surface area (Å²) >= 11 is 4.30. The van der Waals surface area contributed by atoms with E-state index in [4.69, 9.17) is 4.74 Å². The van der Waals surface area contributed by atoms with E-state index in [0.29, 0.717) is 21.9 Å². The Kier molecular flexibility index (Phi) is 6.63. The fraction of sp³-hybridized carbons (Fsp3) is 0.333. The van der Waals surface area contributed by atoms with Crippen molar-refractivity contribution in [3.63, 3.8) is 0 Å². The van der Waals surface area contributed by atoms with Gasteiger partial charge in [-0.1, -0.05) is 32.0 Å². The maximum atomic E-state index is 13.0. The molecule has 0 radical (unpaired) electrons. The Hall–Kier alpha value is -2.09. The minimum atomic E-state index is -4.54. The number of hydrogen-bond acceptors (Lipinski definition) is 4. The van der Waals surface area contributed by atoms with Crippen molar-refractivity contribution in [1.29, 1.82) is 0 Å². The molecule has 26 heavy (non-hydrogen) atoms. The van der Waals surface area contributed by atoms with E-state index in [0.717, 1.165) is 0 Å². The van der Waals surface area contributed by atoms with Gasteiger partial charge in [-0.05, 0) is 29.8 Å². The number of halogens is 4. The van der Waals surface area contributed by atoms with E-state index in [-0.39, 0.29) is 18.4 Å². The van der Waals surface area contributed by atoms with Crippen LogP contribution in [-0.4, -0.2) is 19.1 Å². The van der Waals surface area contributed by atoms with Crippen LogP contribution in [0.5, 0.6) is 11.5 Å². The molecule has 1 N–H and O–H groups in total. The highest BCUT2D eigenvalue weighted by Gasteiger charge is 2.44. The van der Waals surface area contributed by atoms with Gasteiger partial charge in [0.2, 0.25) is 0 Å². The van der Waals surface area contributed by atoms with Gasteiger partial charge in [-0.2, -0.15) is 17.6 Å². The minimum Gasteiger partial charge on any atom is -0.488 e. The fourth-order valence-electron chi connectivity index (χ4n) is 2.36. The van der Waals surface area contributed by atoms with Crippen molar-refractivity contribution in [3.05, 3.63) is 48.0 Å². The largest absolute Gasteiger partial charge is 0.488 e. The molecule has 3 nitrogen and oxygen atoms in total. The third kappa shape index (κ3) is 4.55. The standard InChI is InChI=1S/C16H13F4NO2S.C2H6/c17-15(18)16(19,20)23-10-4-1-3-9(7-10)12-8-22-14-11(21-12)5-2-6-13(14)24;1-2/h1-7,12,15,21,24H,8H2;1-2H3/t12-;/m1./s1. The SMILES string of the molecule is CC.FC(F)C(F)(F)Oc1cccc([C@H]2COc3c(S)cccc3N2)c1. The lowest BCUT2D eigenvalue weighted by molar-refractivity contribution is -0.253. The first-order valence-electron chi connectivity index (χ1n) is 8.03. The van der Waals surface area contributed by atoms with Crippen molar-refractivity contribution in [2.45, 2.75) is 37.3 Å². The van der Waals surface area contributed by atoms with Gasteiger partial charge in [0.25, 0.3) is 0 Å². The van der Waals surface area contributed by atoms with Crippen LogP contribution in [0.25, 0.3) is 0 Å². The predicted molar refractivity (Wildman–Crippen MR) is 94.9 cm³/mol. The van der Waals surface area contributed by atoms with Gasteiger partial charge in [0, 0.05) is 4.90 Å². The first kappa shape index (κ1) is 20.2. The lowest BCUT2D eigenvalue weighted by Crippen LogP contribution is -2.33. The lowest BCUT2D eigenvalue weighted by atomic mass is 10.1. The van der Waals surface area contributed by atoms with Crippen LogP contribution in [0.2, 0.25) is 0 Å². The summed E-state index contributed by atoms with van der Waals surface area (Å²) in [7, 11) is 0. The summed E-state index contributed by atoms with van der Waals surface area (Å²) in [6.45, 7) is 4.24. The molecule has 0 aromatic heterocycles. The van der Waals surface area contributed by atoms with Gasteiger partial charge in [-0.15, -0.1) is 12.6 Å². The number of fused-ring (bicyclic) bond motifs is 1. The van der Waals surface area contributed by atoms with Crippen molar-refractivity contribution in [1.82, 2.24) is 0 Å². The second kappa shape index (κ2) is 8.53. The van der Waals surface area contributed by atoms with E-state index in [1.807, 2.05) is 13.8 Å². The number of rotatable bonds is 4. The highest BCUT2D eigenvalue weighted by atomic mass is 32.1. The zero-order valence-corrected chi connectivity index (χ0v) is 15.1.